The Hall–Kier alpha value is -1.34. The topological polar surface area (TPSA) is 140 Å². The van der Waals surface area contributed by atoms with Crippen molar-refractivity contribution >= 4 is 17.9 Å². The molecule has 8 heteroatoms. The summed E-state index contributed by atoms with van der Waals surface area (Å²) in [6.45, 7) is 0.855. The average Bonchev–Trinajstić information content (AvgIpc) is 2.61. The highest BCUT2D eigenvalue weighted by atomic mass is 35.5. The molecule has 0 aromatic rings. The van der Waals surface area contributed by atoms with Crippen LogP contribution in [-0.4, -0.2) is 39.8 Å². The average molecular weight is 446 g/mol. The largest absolute Gasteiger partial charge is 1.00 e. The molecular formula is C22H36ClNO6. The fourth-order valence-electron chi connectivity index (χ4n) is 8.20. The number of halogens is 1. The number of quaternary nitrogens is 1. The summed E-state index contributed by atoms with van der Waals surface area (Å²) in [5.41, 5.74) is 3.81. The van der Waals surface area contributed by atoms with E-state index in [0.29, 0.717) is 19.3 Å². The van der Waals surface area contributed by atoms with Crippen LogP contribution >= 0.6 is 0 Å². The highest BCUT2D eigenvalue weighted by Crippen LogP contribution is 2.77. The van der Waals surface area contributed by atoms with Crippen LogP contribution in [0.25, 0.3) is 0 Å². The molecule has 4 rings (SSSR count). The first-order valence-corrected chi connectivity index (χ1v) is 11.0. The maximum absolute atomic E-state index is 11.4. The Balaban J connectivity index is 0.00000320. The van der Waals surface area contributed by atoms with Crippen molar-refractivity contribution in [1.29, 1.82) is 0 Å². The van der Waals surface area contributed by atoms with Crippen LogP contribution in [0.15, 0.2) is 0 Å². The third-order valence-electron chi connectivity index (χ3n) is 8.06. The molecule has 30 heavy (non-hydrogen) atoms. The first-order chi connectivity index (χ1) is 13.6. The van der Waals surface area contributed by atoms with E-state index in [1.54, 1.807) is 0 Å². The summed E-state index contributed by atoms with van der Waals surface area (Å²) in [7, 11) is 0. The van der Waals surface area contributed by atoms with E-state index >= 15 is 0 Å². The molecule has 7 nitrogen and oxygen atoms in total. The lowest BCUT2D eigenvalue weighted by atomic mass is 9.33. The first-order valence-electron chi connectivity index (χ1n) is 11.0. The zero-order valence-electron chi connectivity index (χ0n) is 17.8. The molecule has 0 amide bonds. The Morgan fingerprint density at radius 1 is 0.600 bits per heavy atom. The van der Waals surface area contributed by atoms with E-state index in [9.17, 15) is 29.7 Å². The van der Waals surface area contributed by atoms with Crippen LogP contribution < -0.4 is 18.1 Å². The maximum Gasteiger partial charge on any atom is 0.303 e. The van der Waals surface area contributed by atoms with E-state index in [2.05, 4.69) is 5.73 Å². The number of rotatable bonds is 12. The lowest BCUT2D eigenvalue weighted by Gasteiger charge is -2.71. The van der Waals surface area contributed by atoms with Crippen molar-refractivity contribution in [3.8, 4) is 0 Å². The Bertz CT molecular complexity index is 589. The van der Waals surface area contributed by atoms with Crippen molar-refractivity contribution in [1.82, 2.24) is 0 Å². The van der Waals surface area contributed by atoms with Crippen molar-refractivity contribution in [2.45, 2.75) is 89.9 Å². The van der Waals surface area contributed by atoms with E-state index < -0.39 is 17.9 Å². The lowest BCUT2D eigenvalue weighted by molar-refractivity contribution is -0.370. The molecule has 0 aromatic carbocycles. The standard InChI is InChI=1S/C22H35NO6.ClH/c23-9-1-5-19-10-20(6-2-16(24)25)13-21(11-19,7-3-17(26)27)15-22(12-19,14-20)8-4-18(28)29;/h1-15,23H2,(H,24,25)(H,26,27)(H,28,29);1H. The van der Waals surface area contributed by atoms with Crippen LogP contribution in [0, 0.1) is 21.7 Å². The normalized spacial score (nSPS) is 36.3. The van der Waals surface area contributed by atoms with Gasteiger partial charge >= 0.3 is 17.9 Å². The molecule has 0 unspecified atom stereocenters. The Morgan fingerprint density at radius 3 is 1.10 bits per heavy atom. The summed E-state index contributed by atoms with van der Waals surface area (Å²) in [4.78, 5) is 34.1. The van der Waals surface area contributed by atoms with Gasteiger partial charge in [0.15, 0.2) is 0 Å². The number of carbonyl (C=O) groups is 3. The zero-order valence-corrected chi connectivity index (χ0v) is 18.5. The van der Waals surface area contributed by atoms with Gasteiger partial charge in [-0.05, 0) is 92.3 Å². The second-order valence-electron chi connectivity index (χ2n) is 10.7. The second-order valence-corrected chi connectivity index (χ2v) is 10.7. The molecule has 4 fully saturated rings. The third kappa shape index (κ3) is 5.28. The molecule has 0 radical (unpaired) electrons. The molecule has 6 N–H and O–H groups in total. The summed E-state index contributed by atoms with van der Waals surface area (Å²) >= 11 is 0. The summed E-state index contributed by atoms with van der Waals surface area (Å²) in [5, 5.41) is 28.0. The van der Waals surface area contributed by atoms with Gasteiger partial charge in [-0.3, -0.25) is 14.4 Å². The molecule has 0 aliphatic heterocycles. The van der Waals surface area contributed by atoms with Crippen molar-refractivity contribution in [2.24, 2.45) is 21.7 Å². The summed E-state index contributed by atoms with van der Waals surface area (Å²) in [6.07, 6.45) is 10.1. The number of hydrogen-bond acceptors (Lipinski definition) is 3. The highest BCUT2D eigenvalue weighted by molar-refractivity contribution is 5.67. The van der Waals surface area contributed by atoms with E-state index in [4.69, 9.17) is 0 Å². The van der Waals surface area contributed by atoms with Gasteiger partial charge in [-0.2, -0.15) is 0 Å². The summed E-state index contributed by atoms with van der Waals surface area (Å²) < 4.78 is 0. The SMILES string of the molecule is [Cl-].[NH3+]CCCC12CC3(CCC(=O)O)CC(CCC(=O)O)(C1)CC(CCC(=O)O)(C2)C3. The first kappa shape index (κ1) is 24.9. The van der Waals surface area contributed by atoms with Gasteiger partial charge in [0.05, 0.1) is 6.54 Å². The van der Waals surface area contributed by atoms with Gasteiger partial charge in [0.25, 0.3) is 0 Å². The predicted molar refractivity (Wildman–Crippen MR) is 105 cm³/mol. The van der Waals surface area contributed by atoms with Crippen molar-refractivity contribution in [2.75, 3.05) is 6.54 Å². The van der Waals surface area contributed by atoms with Crippen LogP contribution in [0.2, 0.25) is 0 Å². The number of aliphatic carboxylic acids is 3. The summed E-state index contributed by atoms with van der Waals surface area (Å²) in [5.74, 6) is -2.36. The van der Waals surface area contributed by atoms with Crippen molar-refractivity contribution in [3.63, 3.8) is 0 Å². The van der Waals surface area contributed by atoms with Crippen molar-refractivity contribution < 1.29 is 47.8 Å². The third-order valence-corrected chi connectivity index (χ3v) is 8.06. The quantitative estimate of drug-likeness (QED) is 0.331. The second kappa shape index (κ2) is 9.03. The molecule has 0 heterocycles. The van der Waals surface area contributed by atoms with Gasteiger partial charge < -0.3 is 33.5 Å². The molecule has 4 aliphatic rings. The van der Waals surface area contributed by atoms with E-state index in [1.165, 1.54) is 0 Å². The van der Waals surface area contributed by atoms with Gasteiger partial charge in [-0.15, -0.1) is 0 Å². The van der Waals surface area contributed by atoms with E-state index in [0.717, 1.165) is 57.9 Å². The molecule has 0 aromatic heterocycles. The van der Waals surface area contributed by atoms with Crippen LogP contribution in [0.5, 0.6) is 0 Å². The van der Waals surface area contributed by atoms with Crippen LogP contribution in [0.3, 0.4) is 0 Å². The van der Waals surface area contributed by atoms with Gasteiger partial charge in [-0.1, -0.05) is 0 Å². The molecule has 0 spiro atoms. The van der Waals surface area contributed by atoms with Gasteiger partial charge in [0, 0.05) is 19.3 Å². The lowest BCUT2D eigenvalue weighted by Crippen LogP contribution is -3.00. The Kier molecular flexibility index (Phi) is 7.50. The predicted octanol–water partition coefficient (Wildman–Crippen LogP) is -0.0661. The molecule has 0 saturated heterocycles. The fraction of sp³-hybridized carbons (Fsp3) is 0.864. The Labute approximate surface area is 184 Å². The molecule has 4 aliphatic carbocycles. The van der Waals surface area contributed by atoms with Gasteiger partial charge in [-0.25, -0.2) is 0 Å². The minimum atomic E-state index is -0.785. The zero-order chi connectivity index (χ0) is 21.3. The molecule has 0 atom stereocenters. The number of hydrogen-bond donors (Lipinski definition) is 4. The van der Waals surface area contributed by atoms with Gasteiger partial charge in [0.1, 0.15) is 0 Å². The van der Waals surface area contributed by atoms with E-state index in [1.807, 2.05) is 0 Å². The maximum atomic E-state index is 11.4. The smallest absolute Gasteiger partial charge is 0.303 e. The molecule has 172 valence electrons. The minimum absolute atomic E-state index is 0. The van der Waals surface area contributed by atoms with Crippen LogP contribution in [0.4, 0.5) is 0 Å². The van der Waals surface area contributed by atoms with Crippen LogP contribution in [0.1, 0.15) is 89.9 Å². The minimum Gasteiger partial charge on any atom is -1.00 e. The highest BCUT2D eigenvalue weighted by Gasteiger charge is 2.66. The number of carboxylic acid groups (broad SMARTS) is 3. The van der Waals surface area contributed by atoms with E-state index in [-0.39, 0.29) is 53.3 Å². The van der Waals surface area contributed by atoms with Crippen LogP contribution in [-0.2, 0) is 14.4 Å². The Morgan fingerprint density at radius 2 is 0.867 bits per heavy atom. The molecule has 4 bridgehead atoms. The monoisotopic (exact) mass is 445 g/mol. The number of carboxylic acids is 3. The van der Waals surface area contributed by atoms with Crippen molar-refractivity contribution in [3.05, 3.63) is 0 Å². The summed E-state index contributed by atoms with van der Waals surface area (Å²) in [6, 6.07) is 0. The van der Waals surface area contributed by atoms with Gasteiger partial charge in [0.2, 0.25) is 0 Å². The molecular weight excluding hydrogens is 410 g/mol. The fourth-order valence-corrected chi connectivity index (χ4v) is 8.20. The molecule has 4 saturated carbocycles.